The number of aromatic nitrogens is 1. The second kappa shape index (κ2) is 6.31. The van der Waals surface area contributed by atoms with Gasteiger partial charge in [0.25, 0.3) is 5.91 Å². The summed E-state index contributed by atoms with van der Waals surface area (Å²) in [7, 11) is 0. The fourth-order valence-electron chi connectivity index (χ4n) is 1.45. The summed E-state index contributed by atoms with van der Waals surface area (Å²) in [5.74, 6) is -1.30. The van der Waals surface area contributed by atoms with Crippen LogP contribution in [0, 0.1) is 0 Å². The van der Waals surface area contributed by atoms with Gasteiger partial charge in [-0.25, -0.2) is 4.79 Å². The Morgan fingerprint density at radius 2 is 2.30 bits per heavy atom. The molecule has 2 heterocycles. The molecule has 3 N–H and O–H groups in total. The highest BCUT2D eigenvalue weighted by Gasteiger charge is 2.16. The lowest BCUT2D eigenvalue weighted by Gasteiger charge is -2.05. The molecule has 0 aliphatic carbocycles. The summed E-state index contributed by atoms with van der Waals surface area (Å²) in [6.07, 6.45) is -1.56. The first-order valence-electron chi connectivity index (χ1n) is 5.77. The van der Waals surface area contributed by atoms with E-state index in [1.165, 1.54) is 17.4 Å². The van der Waals surface area contributed by atoms with Crippen molar-refractivity contribution in [2.24, 2.45) is 0 Å². The van der Waals surface area contributed by atoms with Crippen molar-refractivity contribution in [3.63, 3.8) is 0 Å². The molecule has 2 aromatic rings. The average molecular weight is 296 g/mol. The first-order chi connectivity index (χ1) is 9.58. The fourth-order valence-corrected chi connectivity index (χ4v) is 2.13. The summed E-state index contributed by atoms with van der Waals surface area (Å²) in [5, 5.41) is 25.5. The molecule has 0 spiro atoms. The summed E-state index contributed by atoms with van der Waals surface area (Å²) in [6.45, 7) is 0.0352. The van der Waals surface area contributed by atoms with Crippen molar-refractivity contribution >= 4 is 23.2 Å². The number of carboxylic acid groups (broad SMARTS) is 1. The van der Waals surface area contributed by atoms with E-state index in [0.717, 1.165) is 4.88 Å². The van der Waals surface area contributed by atoms with Crippen molar-refractivity contribution in [1.82, 2.24) is 10.5 Å². The van der Waals surface area contributed by atoms with Crippen LogP contribution in [0.15, 0.2) is 28.1 Å². The van der Waals surface area contributed by atoms with E-state index in [9.17, 15) is 9.59 Å². The van der Waals surface area contributed by atoms with Crippen molar-refractivity contribution in [3.05, 3.63) is 29.3 Å². The summed E-state index contributed by atoms with van der Waals surface area (Å²) in [4.78, 5) is 23.0. The third kappa shape index (κ3) is 3.43. The van der Waals surface area contributed by atoms with Crippen LogP contribution in [0.2, 0.25) is 0 Å². The molecular weight excluding hydrogens is 284 g/mol. The van der Waals surface area contributed by atoms with E-state index < -0.39 is 18.0 Å². The number of hydrogen-bond acceptors (Lipinski definition) is 6. The number of rotatable bonds is 6. The van der Waals surface area contributed by atoms with Gasteiger partial charge in [0.1, 0.15) is 0 Å². The maximum Gasteiger partial charge on any atom is 0.332 e. The Morgan fingerprint density at radius 3 is 2.95 bits per heavy atom. The number of carbonyl (C=O) groups is 2. The molecule has 0 unspecified atom stereocenters. The molecule has 8 heteroatoms. The molecule has 0 radical (unpaired) electrons. The molecule has 1 amide bonds. The average Bonchev–Trinajstić information content (AvgIpc) is 3.08. The van der Waals surface area contributed by atoms with Gasteiger partial charge in [-0.1, -0.05) is 11.2 Å². The number of aliphatic carboxylic acids is 1. The van der Waals surface area contributed by atoms with E-state index in [-0.39, 0.29) is 18.7 Å². The van der Waals surface area contributed by atoms with Gasteiger partial charge in [-0.05, 0) is 11.4 Å². The topological polar surface area (TPSA) is 113 Å². The van der Waals surface area contributed by atoms with Crippen LogP contribution in [0.25, 0.3) is 10.6 Å². The fraction of sp³-hybridized carbons (Fsp3) is 0.250. The highest BCUT2D eigenvalue weighted by atomic mass is 32.1. The molecule has 0 aromatic carbocycles. The Balaban J connectivity index is 1.89. The van der Waals surface area contributed by atoms with Crippen LogP contribution in [0.5, 0.6) is 0 Å². The molecule has 106 valence electrons. The van der Waals surface area contributed by atoms with Crippen molar-refractivity contribution in [1.29, 1.82) is 0 Å². The zero-order chi connectivity index (χ0) is 14.5. The number of aliphatic hydroxyl groups excluding tert-OH is 1. The molecule has 0 saturated carbocycles. The van der Waals surface area contributed by atoms with Gasteiger partial charge in [-0.3, -0.25) is 4.79 Å². The molecule has 0 aliphatic rings. The number of aliphatic hydroxyl groups is 1. The number of hydrogen-bond donors (Lipinski definition) is 3. The third-order valence-corrected chi connectivity index (χ3v) is 3.38. The molecular formula is C12H12N2O5S. The second-order valence-corrected chi connectivity index (χ2v) is 4.90. The molecule has 20 heavy (non-hydrogen) atoms. The SMILES string of the molecule is O=C(NCC[C@H](O)C(=O)O)c1cc(-c2cccs2)on1. The zero-order valence-corrected chi connectivity index (χ0v) is 11.1. The molecule has 0 bridgehead atoms. The largest absolute Gasteiger partial charge is 0.479 e. The maximum absolute atomic E-state index is 11.7. The quantitative estimate of drug-likeness (QED) is 0.732. The zero-order valence-electron chi connectivity index (χ0n) is 10.3. The number of nitrogens with one attached hydrogen (secondary N) is 1. The minimum Gasteiger partial charge on any atom is -0.479 e. The van der Waals surface area contributed by atoms with E-state index in [4.69, 9.17) is 14.7 Å². The van der Waals surface area contributed by atoms with Crippen LogP contribution >= 0.6 is 11.3 Å². The standard InChI is InChI=1S/C12H12N2O5S/c15-8(12(17)18)3-4-13-11(16)7-6-9(19-14-7)10-2-1-5-20-10/h1-2,5-6,8,15H,3-4H2,(H,13,16)(H,17,18)/t8-/m0/s1. The lowest BCUT2D eigenvalue weighted by Crippen LogP contribution is -2.30. The van der Waals surface area contributed by atoms with Gasteiger partial charge in [0.05, 0.1) is 4.88 Å². The highest BCUT2D eigenvalue weighted by molar-refractivity contribution is 7.13. The minimum atomic E-state index is -1.49. The number of nitrogens with zero attached hydrogens (tertiary/aromatic N) is 1. The molecule has 2 rings (SSSR count). The lowest BCUT2D eigenvalue weighted by molar-refractivity contribution is -0.146. The number of amides is 1. The predicted molar refractivity (Wildman–Crippen MR) is 70.4 cm³/mol. The van der Waals surface area contributed by atoms with Crippen LogP contribution in [0.3, 0.4) is 0 Å². The van der Waals surface area contributed by atoms with Crippen molar-refractivity contribution in [2.75, 3.05) is 6.54 Å². The Kier molecular flexibility index (Phi) is 4.49. The van der Waals surface area contributed by atoms with E-state index in [1.807, 2.05) is 17.5 Å². The first-order valence-corrected chi connectivity index (χ1v) is 6.65. The van der Waals surface area contributed by atoms with Gasteiger partial charge >= 0.3 is 5.97 Å². The molecule has 7 nitrogen and oxygen atoms in total. The molecule has 0 fully saturated rings. The van der Waals surface area contributed by atoms with Gasteiger partial charge < -0.3 is 20.1 Å². The van der Waals surface area contributed by atoms with Crippen LogP contribution in [-0.4, -0.2) is 39.9 Å². The van der Waals surface area contributed by atoms with Crippen molar-refractivity contribution in [3.8, 4) is 10.6 Å². The maximum atomic E-state index is 11.7. The van der Waals surface area contributed by atoms with E-state index in [1.54, 1.807) is 0 Å². The highest BCUT2D eigenvalue weighted by Crippen LogP contribution is 2.24. The van der Waals surface area contributed by atoms with Crippen LogP contribution in [0.4, 0.5) is 0 Å². The second-order valence-electron chi connectivity index (χ2n) is 3.95. The van der Waals surface area contributed by atoms with Crippen molar-refractivity contribution in [2.45, 2.75) is 12.5 Å². The van der Waals surface area contributed by atoms with Gasteiger partial charge in [-0.15, -0.1) is 11.3 Å². The van der Waals surface area contributed by atoms with Crippen LogP contribution in [-0.2, 0) is 4.79 Å². The first kappa shape index (κ1) is 14.2. The number of carboxylic acids is 1. The molecule has 2 aromatic heterocycles. The van der Waals surface area contributed by atoms with Crippen LogP contribution < -0.4 is 5.32 Å². The summed E-state index contributed by atoms with van der Waals surface area (Å²) < 4.78 is 5.05. The Morgan fingerprint density at radius 1 is 1.50 bits per heavy atom. The van der Waals surface area contributed by atoms with Crippen molar-refractivity contribution < 1.29 is 24.3 Å². The summed E-state index contributed by atoms with van der Waals surface area (Å²) in [6, 6.07) is 5.21. The molecule has 0 saturated heterocycles. The van der Waals surface area contributed by atoms with Gasteiger partial charge in [0, 0.05) is 19.0 Å². The van der Waals surface area contributed by atoms with Gasteiger partial charge in [0.15, 0.2) is 17.6 Å². The predicted octanol–water partition coefficient (Wildman–Crippen LogP) is 0.968. The summed E-state index contributed by atoms with van der Waals surface area (Å²) in [5.41, 5.74) is 0.109. The Labute approximate surface area is 117 Å². The lowest BCUT2D eigenvalue weighted by atomic mass is 10.2. The normalized spacial score (nSPS) is 12.1. The van der Waals surface area contributed by atoms with E-state index >= 15 is 0 Å². The van der Waals surface area contributed by atoms with E-state index in [2.05, 4.69) is 10.5 Å². The van der Waals surface area contributed by atoms with Gasteiger partial charge in [-0.2, -0.15) is 0 Å². The van der Waals surface area contributed by atoms with Crippen LogP contribution in [0.1, 0.15) is 16.9 Å². The third-order valence-electron chi connectivity index (χ3n) is 2.50. The summed E-state index contributed by atoms with van der Waals surface area (Å²) >= 11 is 1.46. The number of thiophene rings is 1. The molecule has 0 aliphatic heterocycles. The Hall–Kier alpha value is -2.19. The van der Waals surface area contributed by atoms with Gasteiger partial charge in [0.2, 0.25) is 0 Å². The minimum absolute atomic E-state index is 0.0352. The monoisotopic (exact) mass is 296 g/mol. The smallest absolute Gasteiger partial charge is 0.332 e. The molecule has 1 atom stereocenters. The Bertz CT molecular complexity index is 593. The number of carbonyl (C=O) groups excluding carboxylic acids is 1. The van der Waals surface area contributed by atoms with E-state index in [0.29, 0.717) is 5.76 Å².